The highest BCUT2D eigenvalue weighted by atomic mass is 79.9. The molecular formula is C30H35BrClN3O4S. The van der Waals surface area contributed by atoms with E-state index in [0.717, 1.165) is 26.2 Å². The molecule has 0 aromatic heterocycles. The largest absolute Gasteiger partial charge is 0.354 e. The van der Waals surface area contributed by atoms with Crippen molar-refractivity contribution in [1.82, 2.24) is 10.2 Å². The molecule has 1 N–H and O–H groups in total. The highest BCUT2D eigenvalue weighted by molar-refractivity contribution is 9.10. The summed E-state index contributed by atoms with van der Waals surface area (Å²) >= 11 is 9.59. The highest BCUT2D eigenvalue weighted by Gasteiger charge is 2.33. The van der Waals surface area contributed by atoms with E-state index in [0.29, 0.717) is 22.8 Å². The molecule has 0 saturated carbocycles. The molecule has 10 heteroatoms. The normalized spacial score (nSPS) is 12.2. The maximum absolute atomic E-state index is 14.1. The van der Waals surface area contributed by atoms with Crippen molar-refractivity contribution >= 4 is 55.1 Å². The monoisotopic (exact) mass is 647 g/mol. The van der Waals surface area contributed by atoms with E-state index in [1.54, 1.807) is 25.1 Å². The molecule has 40 heavy (non-hydrogen) atoms. The molecule has 7 nitrogen and oxygen atoms in total. The minimum Gasteiger partial charge on any atom is -0.354 e. The zero-order valence-electron chi connectivity index (χ0n) is 23.1. The Balaban J connectivity index is 2.07. The lowest BCUT2D eigenvalue weighted by Gasteiger charge is -2.34. The number of carbonyl (C=O) groups is 2. The SMILES string of the molecule is Cc1cc(Cl)ccc1N(CC(=O)N(Cc1cccc(Br)c1)[C@@H](Cc1ccccc1)C(=O)NCC(C)C)S(C)(=O)=O. The third-order valence-electron chi connectivity index (χ3n) is 6.30. The number of amides is 2. The molecule has 0 radical (unpaired) electrons. The molecule has 0 aliphatic heterocycles. The smallest absolute Gasteiger partial charge is 0.244 e. The van der Waals surface area contributed by atoms with Gasteiger partial charge in [0.05, 0.1) is 11.9 Å². The Morgan fingerprint density at radius 3 is 2.25 bits per heavy atom. The van der Waals surface area contributed by atoms with Crippen LogP contribution in [0.4, 0.5) is 5.69 Å². The Morgan fingerprint density at radius 1 is 0.975 bits per heavy atom. The molecule has 3 aromatic rings. The lowest BCUT2D eigenvalue weighted by atomic mass is 10.0. The first-order chi connectivity index (χ1) is 18.8. The van der Waals surface area contributed by atoms with E-state index < -0.39 is 28.5 Å². The van der Waals surface area contributed by atoms with Crippen LogP contribution < -0.4 is 9.62 Å². The fraction of sp³-hybridized carbons (Fsp3) is 0.333. The topological polar surface area (TPSA) is 86.8 Å². The molecule has 3 aromatic carbocycles. The predicted molar refractivity (Wildman–Crippen MR) is 165 cm³/mol. The van der Waals surface area contributed by atoms with Crippen LogP contribution in [0.2, 0.25) is 5.02 Å². The number of aryl methyl sites for hydroxylation is 1. The van der Waals surface area contributed by atoms with Gasteiger partial charge in [0.15, 0.2) is 0 Å². The maximum atomic E-state index is 14.1. The highest BCUT2D eigenvalue weighted by Crippen LogP contribution is 2.26. The number of rotatable bonds is 12. The molecule has 0 unspecified atom stereocenters. The van der Waals surface area contributed by atoms with Gasteiger partial charge < -0.3 is 10.2 Å². The first-order valence-electron chi connectivity index (χ1n) is 12.9. The van der Waals surface area contributed by atoms with Crippen molar-refractivity contribution in [3.8, 4) is 0 Å². The number of sulfonamides is 1. The number of nitrogens with one attached hydrogen (secondary N) is 1. The zero-order chi connectivity index (χ0) is 29.4. The first-order valence-corrected chi connectivity index (χ1v) is 16.0. The van der Waals surface area contributed by atoms with Crippen molar-refractivity contribution in [1.29, 1.82) is 0 Å². The van der Waals surface area contributed by atoms with Gasteiger partial charge in [0.25, 0.3) is 0 Å². The van der Waals surface area contributed by atoms with Gasteiger partial charge in [-0.15, -0.1) is 0 Å². The Bertz CT molecular complexity index is 1430. The molecular weight excluding hydrogens is 614 g/mol. The molecule has 0 spiro atoms. The fourth-order valence-electron chi connectivity index (χ4n) is 4.30. The number of carbonyl (C=O) groups excluding carboxylic acids is 2. The predicted octanol–water partition coefficient (Wildman–Crippen LogP) is 5.59. The van der Waals surface area contributed by atoms with Crippen molar-refractivity contribution in [2.24, 2.45) is 5.92 Å². The summed E-state index contributed by atoms with van der Waals surface area (Å²) in [6, 6.07) is 20.9. The van der Waals surface area contributed by atoms with Crippen LogP contribution in [0, 0.1) is 12.8 Å². The third-order valence-corrected chi connectivity index (χ3v) is 8.16. The lowest BCUT2D eigenvalue weighted by Crippen LogP contribution is -2.53. The van der Waals surface area contributed by atoms with Gasteiger partial charge in [-0.3, -0.25) is 13.9 Å². The molecule has 214 valence electrons. The zero-order valence-corrected chi connectivity index (χ0v) is 26.3. The molecule has 3 rings (SSSR count). The van der Waals surface area contributed by atoms with Crippen molar-refractivity contribution < 1.29 is 18.0 Å². The number of benzene rings is 3. The number of halogens is 2. The van der Waals surface area contributed by atoms with E-state index in [4.69, 9.17) is 11.6 Å². The summed E-state index contributed by atoms with van der Waals surface area (Å²) in [7, 11) is -3.85. The van der Waals surface area contributed by atoms with Gasteiger partial charge in [0, 0.05) is 29.0 Å². The second kappa shape index (κ2) is 14.1. The van der Waals surface area contributed by atoms with Gasteiger partial charge in [-0.2, -0.15) is 0 Å². The molecule has 0 fully saturated rings. The van der Waals surface area contributed by atoms with Gasteiger partial charge in [0.2, 0.25) is 21.8 Å². The van der Waals surface area contributed by atoms with E-state index in [2.05, 4.69) is 21.2 Å². The summed E-state index contributed by atoms with van der Waals surface area (Å²) in [5.74, 6) is -0.584. The van der Waals surface area contributed by atoms with Crippen LogP contribution in [0.15, 0.2) is 77.3 Å². The fourth-order valence-corrected chi connectivity index (χ4v) is 5.88. The third kappa shape index (κ3) is 9.08. The molecule has 2 amide bonds. The second-order valence-electron chi connectivity index (χ2n) is 10.2. The molecule has 0 heterocycles. The van der Waals surface area contributed by atoms with Gasteiger partial charge in [-0.1, -0.05) is 83.8 Å². The van der Waals surface area contributed by atoms with Crippen molar-refractivity contribution in [3.63, 3.8) is 0 Å². The summed E-state index contributed by atoms with van der Waals surface area (Å²) in [6.45, 7) is 5.81. The number of nitrogens with zero attached hydrogens (tertiary/aromatic N) is 2. The van der Waals surface area contributed by atoms with Crippen LogP contribution >= 0.6 is 27.5 Å². The quantitative estimate of drug-likeness (QED) is 0.278. The van der Waals surface area contributed by atoms with E-state index in [1.165, 1.54) is 4.90 Å². The Labute approximate surface area is 250 Å². The first kappa shape index (κ1) is 31.6. The van der Waals surface area contributed by atoms with Crippen LogP contribution in [0.3, 0.4) is 0 Å². The Morgan fingerprint density at radius 2 is 1.65 bits per heavy atom. The lowest BCUT2D eigenvalue weighted by molar-refractivity contribution is -0.140. The van der Waals surface area contributed by atoms with E-state index in [9.17, 15) is 18.0 Å². The standard InChI is InChI=1S/C30H35BrClN3O4S/c1-21(2)18-33-30(37)28(17-23-9-6-5-7-10-23)34(19-24-11-8-12-25(31)16-24)29(36)20-35(40(4,38)39)27-14-13-26(32)15-22(27)3/h5-16,21,28H,17-20H2,1-4H3,(H,33,37)/t28-/m0/s1. The summed E-state index contributed by atoms with van der Waals surface area (Å²) in [4.78, 5) is 29.2. The van der Waals surface area contributed by atoms with Crippen LogP contribution in [-0.2, 0) is 32.6 Å². The summed E-state index contributed by atoms with van der Waals surface area (Å²) < 4.78 is 27.8. The van der Waals surface area contributed by atoms with E-state index >= 15 is 0 Å². The van der Waals surface area contributed by atoms with Gasteiger partial charge in [-0.05, 0) is 59.9 Å². The summed E-state index contributed by atoms with van der Waals surface area (Å²) in [6.07, 6.45) is 1.33. The summed E-state index contributed by atoms with van der Waals surface area (Å²) in [5, 5.41) is 3.44. The van der Waals surface area contributed by atoms with Crippen LogP contribution in [0.5, 0.6) is 0 Å². The van der Waals surface area contributed by atoms with Crippen LogP contribution in [0.1, 0.15) is 30.5 Å². The van der Waals surface area contributed by atoms with Gasteiger partial charge >= 0.3 is 0 Å². The Hall–Kier alpha value is -2.88. The number of hydrogen-bond donors (Lipinski definition) is 1. The number of anilines is 1. The van der Waals surface area contributed by atoms with Gasteiger partial charge in [0.1, 0.15) is 12.6 Å². The van der Waals surface area contributed by atoms with Crippen molar-refractivity contribution in [2.45, 2.75) is 39.8 Å². The molecule has 1 atom stereocenters. The molecule has 0 saturated heterocycles. The van der Waals surface area contributed by atoms with E-state index in [1.807, 2.05) is 68.4 Å². The summed E-state index contributed by atoms with van der Waals surface area (Å²) in [5.41, 5.74) is 2.64. The molecule has 0 bridgehead atoms. The number of hydrogen-bond acceptors (Lipinski definition) is 4. The minimum atomic E-state index is -3.85. The minimum absolute atomic E-state index is 0.113. The van der Waals surface area contributed by atoms with Gasteiger partial charge in [-0.25, -0.2) is 8.42 Å². The average molecular weight is 649 g/mol. The average Bonchev–Trinajstić information content (AvgIpc) is 2.88. The maximum Gasteiger partial charge on any atom is 0.244 e. The molecule has 0 aliphatic rings. The van der Waals surface area contributed by atoms with Crippen LogP contribution in [0.25, 0.3) is 0 Å². The second-order valence-corrected chi connectivity index (χ2v) is 13.5. The van der Waals surface area contributed by atoms with Crippen molar-refractivity contribution in [3.05, 3.63) is 99.0 Å². The molecule has 0 aliphatic carbocycles. The Kier molecular flexibility index (Phi) is 11.2. The van der Waals surface area contributed by atoms with E-state index in [-0.39, 0.29) is 24.8 Å². The van der Waals surface area contributed by atoms with Crippen molar-refractivity contribution in [2.75, 3.05) is 23.7 Å². The van der Waals surface area contributed by atoms with Crippen LogP contribution in [-0.4, -0.2) is 50.5 Å².